The van der Waals surface area contributed by atoms with E-state index in [-0.39, 0.29) is 11.9 Å². The largest absolute Gasteiger partial charge is 0.325 e. The highest BCUT2D eigenvalue weighted by Gasteiger charge is 2.25. The summed E-state index contributed by atoms with van der Waals surface area (Å²) in [6, 6.07) is 6.85. The first kappa shape index (κ1) is 19.8. The molecular formula is C19H27N3O4S. The predicted octanol–water partition coefficient (Wildman–Crippen LogP) is 2.25. The molecular weight excluding hydrogens is 366 g/mol. The van der Waals surface area contributed by atoms with E-state index in [1.54, 1.807) is 29.2 Å². The quantitative estimate of drug-likeness (QED) is 0.775. The molecule has 1 aromatic carbocycles. The van der Waals surface area contributed by atoms with Gasteiger partial charge in [-0.05, 0) is 56.2 Å². The van der Waals surface area contributed by atoms with E-state index in [0.29, 0.717) is 30.3 Å². The second kappa shape index (κ2) is 8.39. The summed E-state index contributed by atoms with van der Waals surface area (Å²) < 4.78 is 27.2. The number of sulfonamides is 1. The monoisotopic (exact) mass is 393 g/mol. The van der Waals surface area contributed by atoms with Gasteiger partial charge in [0.1, 0.15) is 5.75 Å². The van der Waals surface area contributed by atoms with Gasteiger partial charge in [-0.25, -0.2) is 13.1 Å². The average molecular weight is 394 g/mol. The van der Waals surface area contributed by atoms with Crippen LogP contribution in [0.1, 0.15) is 45.4 Å². The van der Waals surface area contributed by atoms with Crippen LogP contribution in [0.4, 0.5) is 11.4 Å². The summed E-state index contributed by atoms with van der Waals surface area (Å²) in [5.74, 6) is -0.501. The third kappa shape index (κ3) is 5.52. The fourth-order valence-corrected chi connectivity index (χ4v) is 4.96. The molecule has 0 unspecified atom stereocenters. The minimum absolute atomic E-state index is 0.0621. The van der Waals surface area contributed by atoms with Gasteiger partial charge in [-0.3, -0.25) is 9.59 Å². The van der Waals surface area contributed by atoms with Crippen molar-refractivity contribution in [2.24, 2.45) is 5.92 Å². The average Bonchev–Trinajstić information content (AvgIpc) is 3.02. The van der Waals surface area contributed by atoms with Crippen molar-refractivity contribution < 1.29 is 18.0 Å². The maximum Gasteiger partial charge on any atom is 0.240 e. The van der Waals surface area contributed by atoms with Crippen molar-refractivity contribution in [1.82, 2.24) is 4.72 Å². The lowest BCUT2D eigenvalue weighted by molar-refractivity contribution is -0.117. The Morgan fingerprint density at radius 2 is 1.96 bits per heavy atom. The van der Waals surface area contributed by atoms with Crippen molar-refractivity contribution in [2.45, 2.75) is 51.5 Å². The Labute approximate surface area is 160 Å². The van der Waals surface area contributed by atoms with Gasteiger partial charge < -0.3 is 10.2 Å². The lowest BCUT2D eigenvalue weighted by Crippen LogP contribution is -2.41. The maximum atomic E-state index is 12.3. The molecule has 2 aliphatic rings. The van der Waals surface area contributed by atoms with Gasteiger partial charge >= 0.3 is 0 Å². The van der Waals surface area contributed by atoms with E-state index < -0.39 is 21.7 Å². The van der Waals surface area contributed by atoms with Gasteiger partial charge in [0.25, 0.3) is 0 Å². The molecule has 1 aliphatic heterocycles. The molecule has 1 saturated carbocycles. The first-order chi connectivity index (χ1) is 12.8. The number of nitrogens with zero attached hydrogens (tertiary/aromatic N) is 1. The molecule has 0 aromatic heterocycles. The van der Waals surface area contributed by atoms with Gasteiger partial charge in [0.2, 0.25) is 21.8 Å². The molecule has 2 fully saturated rings. The normalized spacial score (nSPS) is 23.4. The zero-order valence-corrected chi connectivity index (χ0v) is 16.4. The predicted molar refractivity (Wildman–Crippen MR) is 105 cm³/mol. The van der Waals surface area contributed by atoms with E-state index in [2.05, 4.69) is 17.0 Å². The van der Waals surface area contributed by atoms with Gasteiger partial charge in [0.05, 0.1) is 0 Å². The van der Waals surface area contributed by atoms with Crippen molar-refractivity contribution in [3.8, 4) is 0 Å². The number of amides is 2. The smallest absolute Gasteiger partial charge is 0.240 e. The van der Waals surface area contributed by atoms with Crippen molar-refractivity contribution in [1.29, 1.82) is 0 Å². The van der Waals surface area contributed by atoms with E-state index in [0.717, 1.165) is 32.1 Å². The molecule has 1 heterocycles. The van der Waals surface area contributed by atoms with Crippen molar-refractivity contribution in [3.05, 3.63) is 24.3 Å². The number of carbonyl (C=O) groups excluding carboxylic acids is 2. The summed E-state index contributed by atoms with van der Waals surface area (Å²) in [5.41, 5.74) is 1.20. The second-order valence-corrected chi connectivity index (χ2v) is 9.34. The van der Waals surface area contributed by atoms with Crippen LogP contribution in [0.3, 0.4) is 0 Å². The number of hydrogen-bond acceptors (Lipinski definition) is 4. The third-order valence-electron chi connectivity index (χ3n) is 5.20. The Bertz CT molecular complexity index is 801. The Morgan fingerprint density at radius 3 is 2.63 bits per heavy atom. The second-order valence-electron chi connectivity index (χ2n) is 7.58. The third-order valence-corrected chi connectivity index (χ3v) is 6.53. The summed E-state index contributed by atoms with van der Waals surface area (Å²) in [7, 11) is -3.68. The molecule has 148 valence electrons. The Morgan fingerprint density at radius 1 is 1.22 bits per heavy atom. The lowest BCUT2D eigenvalue weighted by atomic mass is 9.88. The van der Waals surface area contributed by atoms with Crippen LogP contribution < -0.4 is 14.9 Å². The molecule has 2 amide bonds. The van der Waals surface area contributed by atoms with Crippen LogP contribution in [-0.4, -0.2) is 38.6 Å². The molecule has 1 aliphatic carbocycles. The van der Waals surface area contributed by atoms with Crippen LogP contribution in [0.25, 0.3) is 0 Å². The van der Waals surface area contributed by atoms with Crippen LogP contribution in [-0.2, 0) is 19.6 Å². The number of anilines is 2. The molecule has 3 rings (SSSR count). The highest BCUT2D eigenvalue weighted by molar-refractivity contribution is 7.90. The van der Waals surface area contributed by atoms with Crippen molar-refractivity contribution in [3.63, 3.8) is 0 Å². The first-order valence-electron chi connectivity index (χ1n) is 9.53. The van der Waals surface area contributed by atoms with Crippen LogP contribution >= 0.6 is 0 Å². The Balaban J connectivity index is 1.56. The zero-order chi connectivity index (χ0) is 19.4. The number of nitrogens with one attached hydrogen (secondary N) is 2. The molecule has 0 radical (unpaired) electrons. The lowest BCUT2D eigenvalue weighted by Gasteiger charge is -2.26. The van der Waals surface area contributed by atoms with E-state index >= 15 is 0 Å². The molecule has 0 bridgehead atoms. The van der Waals surface area contributed by atoms with E-state index in [4.69, 9.17) is 0 Å². The summed E-state index contributed by atoms with van der Waals surface area (Å²) in [5, 5.41) is 2.62. The number of rotatable bonds is 6. The van der Waals surface area contributed by atoms with Gasteiger partial charge in [-0.2, -0.15) is 0 Å². The van der Waals surface area contributed by atoms with Crippen LogP contribution in [0, 0.1) is 5.92 Å². The maximum absolute atomic E-state index is 12.3. The molecule has 27 heavy (non-hydrogen) atoms. The SMILES string of the molecule is CC1CCC(NS(=O)(=O)CC(=O)Nc2cccc(N3CCCC3=O)c2)CC1. The Hall–Kier alpha value is -1.93. The molecule has 1 saturated heterocycles. The van der Waals surface area contributed by atoms with Crippen LogP contribution in [0.15, 0.2) is 24.3 Å². The standard InChI is InChI=1S/C19H27N3O4S/c1-14-7-9-15(10-8-14)21-27(25,26)13-18(23)20-16-4-2-5-17(12-16)22-11-3-6-19(22)24/h2,4-5,12,14-15,21H,3,6-11,13H2,1H3,(H,20,23). The van der Waals surface area contributed by atoms with Crippen LogP contribution in [0.5, 0.6) is 0 Å². The zero-order valence-electron chi connectivity index (χ0n) is 15.6. The highest BCUT2D eigenvalue weighted by Crippen LogP contribution is 2.25. The minimum atomic E-state index is -3.68. The number of hydrogen-bond donors (Lipinski definition) is 2. The van der Waals surface area contributed by atoms with Gasteiger partial charge in [0.15, 0.2) is 0 Å². The molecule has 0 spiro atoms. The van der Waals surface area contributed by atoms with Gasteiger partial charge in [-0.1, -0.05) is 13.0 Å². The number of benzene rings is 1. The summed E-state index contributed by atoms with van der Waals surface area (Å²) >= 11 is 0. The van der Waals surface area contributed by atoms with Crippen molar-refractivity contribution >= 4 is 33.2 Å². The van der Waals surface area contributed by atoms with Crippen molar-refractivity contribution in [2.75, 3.05) is 22.5 Å². The van der Waals surface area contributed by atoms with E-state index in [1.165, 1.54) is 0 Å². The van der Waals surface area contributed by atoms with Gasteiger partial charge in [0, 0.05) is 30.4 Å². The minimum Gasteiger partial charge on any atom is -0.325 e. The summed E-state index contributed by atoms with van der Waals surface area (Å²) in [6.07, 6.45) is 4.98. The van der Waals surface area contributed by atoms with Crippen LogP contribution in [0.2, 0.25) is 0 Å². The fourth-order valence-electron chi connectivity index (χ4n) is 3.72. The van der Waals surface area contributed by atoms with E-state index in [1.807, 2.05) is 0 Å². The first-order valence-corrected chi connectivity index (χ1v) is 11.2. The molecule has 2 N–H and O–H groups in total. The molecule has 0 atom stereocenters. The molecule has 1 aromatic rings. The van der Waals surface area contributed by atoms with E-state index in [9.17, 15) is 18.0 Å². The van der Waals surface area contributed by atoms with Gasteiger partial charge in [-0.15, -0.1) is 0 Å². The molecule has 7 nitrogen and oxygen atoms in total. The Kier molecular flexibility index (Phi) is 6.16. The number of carbonyl (C=O) groups is 2. The fraction of sp³-hybridized carbons (Fsp3) is 0.579. The summed E-state index contributed by atoms with van der Waals surface area (Å²) in [4.78, 5) is 25.7. The summed E-state index contributed by atoms with van der Waals surface area (Å²) in [6.45, 7) is 2.83. The highest BCUT2D eigenvalue weighted by atomic mass is 32.2. The topological polar surface area (TPSA) is 95.6 Å². The molecule has 8 heteroatoms.